The number of nitrogens with one attached hydrogen (secondary N) is 1. The third-order valence-electron chi connectivity index (χ3n) is 11.6. The zero-order valence-corrected chi connectivity index (χ0v) is 22.5. The average Bonchev–Trinajstić information content (AvgIpc) is 3.41. The lowest BCUT2D eigenvalue weighted by atomic mass is 9.47. The number of carbonyl (C=O) groups is 2. The Balaban J connectivity index is 1.20. The van der Waals surface area contributed by atoms with Gasteiger partial charge in [0.1, 0.15) is 0 Å². The maximum atomic E-state index is 12.9. The summed E-state index contributed by atoms with van der Waals surface area (Å²) in [6, 6.07) is 0.123. The van der Waals surface area contributed by atoms with Crippen LogP contribution in [0.25, 0.3) is 0 Å². The molecule has 2 amide bonds. The molecule has 4 aliphatic carbocycles. The molecule has 196 valence electrons. The van der Waals surface area contributed by atoms with Crippen molar-refractivity contribution >= 4 is 11.8 Å². The number of aliphatic hydroxyl groups is 1. The van der Waals surface area contributed by atoms with Crippen LogP contribution in [0.3, 0.4) is 0 Å². The Labute approximate surface area is 212 Å². The summed E-state index contributed by atoms with van der Waals surface area (Å²) in [5, 5.41) is 13.2. The van der Waals surface area contributed by atoms with Gasteiger partial charge in [0.15, 0.2) is 0 Å². The van der Waals surface area contributed by atoms with Gasteiger partial charge in [0.25, 0.3) is 0 Å². The van der Waals surface area contributed by atoms with E-state index in [4.69, 9.17) is 0 Å². The molecule has 5 heteroatoms. The fourth-order valence-corrected chi connectivity index (χ4v) is 9.72. The van der Waals surface area contributed by atoms with E-state index in [1.165, 1.54) is 32.1 Å². The molecule has 9 atom stereocenters. The summed E-state index contributed by atoms with van der Waals surface area (Å²) < 4.78 is 0. The molecule has 0 bridgehead atoms. The smallest absolute Gasteiger partial charge is 0.222 e. The lowest BCUT2D eigenvalue weighted by Crippen LogP contribution is -2.50. The van der Waals surface area contributed by atoms with E-state index in [2.05, 4.69) is 32.2 Å². The number of allylic oxidation sites excluding steroid dienone is 1. The molecular weight excluding hydrogens is 436 g/mol. The molecule has 0 aromatic heterocycles. The van der Waals surface area contributed by atoms with Gasteiger partial charge in [-0.1, -0.05) is 32.4 Å². The minimum atomic E-state index is -0.129. The van der Waals surface area contributed by atoms with E-state index in [0.29, 0.717) is 29.7 Å². The molecule has 1 aliphatic heterocycles. The zero-order chi connectivity index (χ0) is 25.0. The molecule has 0 radical (unpaired) electrons. The third kappa shape index (κ3) is 4.49. The molecule has 2 unspecified atom stereocenters. The van der Waals surface area contributed by atoms with Gasteiger partial charge in [-0.3, -0.25) is 9.59 Å². The van der Waals surface area contributed by atoms with Crippen molar-refractivity contribution in [3.63, 3.8) is 0 Å². The van der Waals surface area contributed by atoms with Crippen molar-refractivity contribution in [1.82, 2.24) is 10.2 Å². The average molecular weight is 485 g/mol. The van der Waals surface area contributed by atoms with E-state index in [0.717, 1.165) is 62.3 Å². The number of aliphatic hydroxyl groups excluding tert-OH is 1. The first-order valence-electron chi connectivity index (χ1n) is 14.5. The molecule has 2 N–H and O–H groups in total. The van der Waals surface area contributed by atoms with Crippen molar-refractivity contribution < 1.29 is 14.7 Å². The summed E-state index contributed by atoms with van der Waals surface area (Å²) in [4.78, 5) is 26.2. The Hall–Kier alpha value is -1.36. The van der Waals surface area contributed by atoms with E-state index >= 15 is 0 Å². The number of nitrogens with zero attached hydrogens (tertiary/aromatic N) is 1. The molecule has 3 saturated carbocycles. The van der Waals surface area contributed by atoms with E-state index in [-0.39, 0.29) is 24.0 Å². The van der Waals surface area contributed by atoms with Gasteiger partial charge < -0.3 is 15.3 Å². The number of carbonyl (C=O) groups excluding carboxylic acids is 2. The second-order valence-electron chi connectivity index (χ2n) is 13.4. The second-order valence-corrected chi connectivity index (χ2v) is 13.4. The van der Waals surface area contributed by atoms with Crippen LogP contribution >= 0.6 is 0 Å². The highest BCUT2D eigenvalue weighted by atomic mass is 16.3. The zero-order valence-electron chi connectivity index (χ0n) is 22.5. The highest BCUT2D eigenvalue weighted by Gasteiger charge is 2.59. The standard InChI is InChI=1S/C30H48N2O3/c1-19(5-10-28(35)32-16-13-22(18-32)31-20(2)33)25-8-9-26-24-7-6-21-17-23(34)11-14-29(21,3)27(24)12-15-30(25,26)4/h6,19,22-27,34H,5,7-18H2,1-4H3,(H,31,33)/t19?,22?,23-,24-,25+,26-,27-,29-,30+/m0/s1. The minimum Gasteiger partial charge on any atom is -0.393 e. The summed E-state index contributed by atoms with van der Waals surface area (Å²) in [6.07, 6.45) is 14.5. The summed E-state index contributed by atoms with van der Waals surface area (Å²) in [6.45, 7) is 10.5. The third-order valence-corrected chi connectivity index (χ3v) is 11.6. The molecule has 35 heavy (non-hydrogen) atoms. The van der Waals surface area contributed by atoms with Crippen molar-refractivity contribution in [2.75, 3.05) is 13.1 Å². The Kier molecular flexibility index (Phi) is 6.87. The Morgan fingerprint density at radius 1 is 1.14 bits per heavy atom. The lowest BCUT2D eigenvalue weighted by Gasteiger charge is -2.58. The molecule has 4 fully saturated rings. The summed E-state index contributed by atoms with van der Waals surface area (Å²) in [5.41, 5.74) is 2.28. The van der Waals surface area contributed by atoms with Crippen LogP contribution in [0.1, 0.15) is 98.3 Å². The van der Waals surface area contributed by atoms with Crippen molar-refractivity contribution in [2.45, 2.75) is 110 Å². The lowest BCUT2D eigenvalue weighted by molar-refractivity contribution is -0.131. The van der Waals surface area contributed by atoms with Crippen LogP contribution in [-0.4, -0.2) is 47.1 Å². The fraction of sp³-hybridized carbons (Fsp3) is 0.867. The predicted molar refractivity (Wildman–Crippen MR) is 138 cm³/mol. The molecule has 5 nitrogen and oxygen atoms in total. The summed E-state index contributed by atoms with van der Waals surface area (Å²) in [5.74, 6) is 3.96. The van der Waals surface area contributed by atoms with Crippen molar-refractivity contribution in [2.24, 2.45) is 40.4 Å². The summed E-state index contributed by atoms with van der Waals surface area (Å²) in [7, 11) is 0. The van der Waals surface area contributed by atoms with Gasteiger partial charge in [0, 0.05) is 32.5 Å². The topological polar surface area (TPSA) is 69.6 Å². The molecule has 0 spiro atoms. The maximum absolute atomic E-state index is 12.9. The number of amides is 2. The molecule has 5 rings (SSSR count). The predicted octanol–water partition coefficient (Wildman–Crippen LogP) is 5.08. The number of hydrogen-bond donors (Lipinski definition) is 2. The van der Waals surface area contributed by atoms with Crippen LogP contribution in [0.15, 0.2) is 11.6 Å². The van der Waals surface area contributed by atoms with E-state index in [1.54, 1.807) is 12.5 Å². The number of rotatable bonds is 5. The first-order chi connectivity index (χ1) is 16.6. The maximum Gasteiger partial charge on any atom is 0.222 e. The van der Waals surface area contributed by atoms with Crippen LogP contribution < -0.4 is 5.32 Å². The van der Waals surface area contributed by atoms with Gasteiger partial charge in [0.2, 0.25) is 11.8 Å². The van der Waals surface area contributed by atoms with Crippen molar-refractivity contribution in [3.8, 4) is 0 Å². The largest absolute Gasteiger partial charge is 0.393 e. The van der Waals surface area contributed by atoms with Crippen LogP contribution in [0.2, 0.25) is 0 Å². The molecule has 0 aromatic rings. The SMILES string of the molecule is CC(=O)NC1CCN(C(=O)CCC(C)[C@H]2CC[C@H]3[C@@H]4CC=C5C[C@@H](O)CC[C@]5(C)[C@H]4CC[C@]23C)C1. The molecule has 0 aromatic carbocycles. The van der Waals surface area contributed by atoms with Crippen LogP contribution in [-0.2, 0) is 9.59 Å². The van der Waals surface area contributed by atoms with Crippen molar-refractivity contribution in [3.05, 3.63) is 11.6 Å². The minimum absolute atomic E-state index is 0.00331. The first kappa shape index (κ1) is 25.3. The van der Waals surface area contributed by atoms with Gasteiger partial charge in [-0.15, -0.1) is 0 Å². The Morgan fingerprint density at radius 2 is 1.94 bits per heavy atom. The molecular formula is C30H48N2O3. The summed E-state index contributed by atoms with van der Waals surface area (Å²) >= 11 is 0. The van der Waals surface area contributed by atoms with Gasteiger partial charge >= 0.3 is 0 Å². The van der Waals surface area contributed by atoms with Crippen LogP contribution in [0.4, 0.5) is 0 Å². The number of hydrogen-bond acceptors (Lipinski definition) is 3. The van der Waals surface area contributed by atoms with Crippen LogP contribution in [0, 0.1) is 40.4 Å². The Bertz CT molecular complexity index is 870. The van der Waals surface area contributed by atoms with Gasteiger partial charge in [-0.25, -0.2) is 0 Å². The Morgan fingerprint density at radius 3 is 2.71 bits per heavy atom. The number of fused-ring (bicyclic) bond motifs is 5. The van der Waals surface area contributed by atoms with Gasteiger partial charge in [-0.05, 0) is 105 Å². The molecule has 1 saturated heterocycles. The van der Waals surface area contributed by atoms with Crippen LogP contribution in [0.5, 0.6) is 0 Å². The second kappa shape index (κ2) is 9.50. The highest BCUT2D eigenvalue weighted by molar-refractivity contribution is 5.77. The van der Waals surface area contributed by atoms with Crippen molar-refractivity contribution in [1.29, 1.82) is 0 Å². The fourth-order valence-electron chi connectivity index (χ4n) is 9.72. The first-order valence-corrected chi connectivity index (χ1v) is 14.5. The van der Waals surface area contributed by atoms with E-state index in [1.807, 2.05) is 4.90 Å². The number of likely N-dealkylation sites (tertiary alicyclic amines) is 1. The monoisotopic (exact) mass is 484 g/mol. The van der Waals surface area contributed by atoms with Gasteiger partial charge in [-0.2, -0.15) is 0 Å². The van der Waals surface area contributed by atoms with E-state index in [9.17, 15) is 14.7 Å². The van der Waals surface area contributed by atoms with Gasteiger partial charge in [0.05, 0.1) is 6.10 Å². The normalized spacial score (nSPS) is 43.6. The van der Waals surface area contributed by atoms with E-state index < -0.39 is 0 Å². The molecule has 1 heterocycles. The highest BCUT2D eigenvalue weighted by Crippen LogP contribution is 2.67. The molecule has 5 aliphatic rings. The quantitative estimate of drug-likeness (QED) is 0.535.